The van der Waals surface area contributed by atoms with Crippen LogP contribution in [0.1, 0.15) is 19.8 Å². The summed E-state index contributed by atoms with van der Waals surface area (Å²) in [5, 5.41) is 13.2. The molecule has 0 saturated carbocycles. The summed E-state index contributed by atoms with van der Waals surface area (Å²) in [5.74, 6) is -0.833. The molecule has 4 aromatic carbocycles. The molecule has 2 nitrogen and oxygen atoms in total. The molecule has 0 spiro atoms. The number of hydrogen-bond acceptors (Lipinski definition) is 1. The minimum atomic E-state index is -0.833. The van der Waals surface area contributed by atoms with Crippen LogP contribution >= 0.6 is 15.8 Å². The van der Waals surface area contributed by atoms with Crippen LogP contribution in [0.3, 0.4) is 0 Å². The zero-order chi connectivity index (χ0) is 24.0. The first kappa shape index (κ1) is 29.0. The summed E-state index contributed by atoms with van der Waals surface area (Å²) < 4.78 is 0. The third-order valence-electron chi connectivity index (χ3n) is 5.10. The van der Waals surface area contributed by atoms with Crippen LogP contribution in [0.15, 0.2) is 121 Å². The van der Waals surface area contributed by atoms with Crippen LogP contribution in [0.4, 0.5) is 0 Å². The molecule has 0 atom stereocenters. The van der Waals surface area contributed by atoms with Crippen molar-refractivity contribution in [2.75, 3.05) is 6.16 Å². The van der Waals surface area contributed by atoms with E-state index in [9.17, 15) is 0 Å². The van der Waals surface area contributed by atoms with Crippen LogP contribution in [-0.2, 0) is 21.9 Å². The molecule has 1 N–H and O–H groups in total. The van der Waals surface area contributed by atoms with Crippen molar-refractivity contribution in [1.82, 2.24) is 0 Å². The second-order valence-electron chi connectivity index (χ2n) is 7.71. The summed E-state index contributed by atoms with van der Waals surface area (Å²) in [6.45, 7) is 1.08. The Kier molecular flexibility index (Phi) is 13.6. The van der Waals surface area contributed by atoms with Gasteiger partial charge in [0.2, 0.25) is 0 Å². The van der Waals surface area contributed by atoms with Gasteiger partial charge in [-0.15, -0.1) is 0 Å². The maximum absolute atomic E-state index is 9.00. The van der Waals surface area contributed by atoms with E-state index in [2.05, 4.69) is 127 Å². The fourth-order valence-electron chi connectivity index (χ4n) is 3.63. The Labute approximate surface area is 222 Å². The molecule has 184 valence electrons. The van der Waals surface area contributed by atoms with Gasteiger partial charge in [-0.25, -0.2) is 7.92 Å². The zero-order valence-corrected chi connectivity index (χ0v) is 22.5. The molecule has 35 heavy (non-hydrogen) atoms. The van der Waals surface area contributed by atoms with Crippen molar-refractivity contribution in [3.63, 3.8) is 0 Å². The quantitative estimate of drug-likeness (QED) is 0.116. The van der Waals surface area contributed by atoms with Crippen LogP contribution in [0, 0.1) is 6.16 Å². The number of carbonyl (C=O) groups is 1. The number of rotatable bonds is 9. The van der Waals surface area contributed by atoms with E-state index in [1.165, 1.54) is 33.8 Å². The Hall–Kier alpha value is -2.27. The van der Waals surface area contributed by atoms with Gasteiger partial charge in [-0.2, -0.15) is 6.42 Å². The van der Waals surface area contributed by atoms with Gasteiger partial charge in [-0.05, 0) is 24.7 Å². The molecule has 0 aliphatic carbocycles. The van der Waals surface area contributed by atoms with Crippen LogP contribution in [0.25, 0.3) is 0 Å². The first-order chi connectivity index (χ1) is 16.6. The summed E-state index contributed by atoms with van der Waals surface area (Å²) >= 11 is 0. The number of carboxylic acid groups (broad SMARTS) is 1. The van der Waals surface area contributed by atoms with Crippen molar-refractivity contribution in [3.8, 4) is 0 Å². The predicted octanol–water partition coefficient (Wildman–Crippen LogP) is 6.28. The topological polar surface area (TPSA) is 37.3 Å². The van der Waals surface area contributed by atoms with Gasteiger partial charge in [0.25, 0.3) is 5.97 Å². The Balaban J connectivity index is 0.000000804. The summed E-state index contributed by atoms with van der Waals surface area (Å²) in [4.78, 5) is 9.00. The van der Waals surface area contributed by atoms with Gasteiger partial charge in [-0.1, -0.05) is 138 Å². The fourth-order valence-corrected chi connectivity index (χ4v) is 8.15. The standard InChI is InChI=1S/C28H27P2.C2H4O2.Cu/c1-5-15-25(16-6-1)29(26-17-7-2-8-18-26)23-13-14-24-30(27-19-9-3-10-20-27)28-21-11-4-12-22-28;1-2(3)4;/h1-12,15-23H,13-14,24H2;1H3,(H,3,4);/q-1;;+1. The summed E-state index contributed by atoms with van der Waals surface area (Å²) in [6.07, 6.45) is 6.16. The molecule has 0 aromatic heterocycles. The molecule has 0 amide bonds. The molecular weight excluding hydrogens is 518 g/mol. The van der Waals surface area contributed by atoms with Gasteiger partial charge in [0.1, 0.15) is 0 Å². The third kappa shape index (κ3) is 10.1. The van der Waals surface area contributed by atoms with Gasteiger partial charge in [0, 0.05) is 6.92 Å². The molecule has 4 aromatic rings. The molecule has 0 heterocycles. The Morgan fingerprint density at radius 2 is 0.971 bits per heavy atom. The number of unbranched alkanes of at least 4 members (excludes halogenated alkanes) is 1. The van der Waals surface area contributed by atoms with Gasteiger partial charge in [0.05, 0.1) is 0 Å². The van der Waals surface area contributed by atoms with Gasteiger partial charge >= 0.3 is 17.1 Å². The van der Waals surface area contributed by atoms with E-state index >= 15 is 0 Å². The molecule has 0 saturated heterocycles. The average Bonchev–Trinajstić information content (AvgIpc) is 2.88. The Morgan fingerprint density at radius 3 is 1.31 bits per heavy atom. The largest absolute Gasteiger partial charge is 1.00 e. The van der Waals surface area contributed by atoms with Crippen LogP contribution in [0.2, 0.25) is 0 Å². The molecule has 4 rings (SSSR count). The molecule has 5 heteroatoms. The van der Waals surface area contributed by atoms with E-state index in [-0.39, 0.29) is 25.0 Å². The van der Waals surface area contributed by atoms with Crippen molar-refractivity contribution in [2.45, 2.75) is 19.8 Å². The first-order valence-electron chi connectivity index (χ1n) is 11.4. The number of carboxylic acids is 1. The molecular formula is C30H31CuO2P2. The van der Waals surface area contributed by atoms with Crippen molar-refractivity contribution in [3.05, 3.63) is 127 Å². The normalized spacial score (nSPS) is 10.3. The monoisotopic (exact) mass is 548 g/mol. The molecule has 0 aliphatic rings. The smallest absolute Gasteiger partial charge is 0.481 e. The van der Waals surface area contributed by atoms with Gasteiger partial charge in [-0.3, -0.25) is 11.0 Å². The Morgan fingerprint density at radius 1 is 0.657 bits per heavy atom. The minimum Gasteiger partial charge on any atom is -0.481 e. The second kappa shape index (κ2) is 16.4. The van der Waals surface area contributed by atoms with E-state index in [0.717, 1.165) is 13.3 Å². The minimum absolute atomic E-state index is 0. The van der Waals surface area contributed by atoms with Crippen LogP contribution < -0.4 is 21.2 Å². The van der Waals surface area contributed by atoms with Crippen molar-refractivity contribution >= 4 is 43.0 Å². The summed E-state index contributed by atoms with van der Waals surface area (Å²) in [6, 6.07) is 44.0. The van der Waals surface area contributed by atoms with E-state index < -0.39 is 13.9 Å². The van der Waals surface area contributed by atoms with E-state index in [1.807, 2.05) is 0 Å². The zero-order valence-electron chi connectivity index (χ0n) is 19.8. The maximum Gasteiger partial charge on any atom is 1.00 e. The molecule has 0 radical (unpaired) electrons. The summed E-state index contributed by atoms with van der Waals surface area (Å²) in [5.41, 5.74) is 0. The number of benzene rings is 4. The Bertz CT molecular complexity index is 926. The van der Waals surface area contributed by atoms with E-state index in [0.29, 0.717) is 0 Å². The van der Waals surface area contributed by atoms with Crippen molar-refractivity contribution in [2.24, 2.45) is 0 Å². The van der Waals surface area contributed by atoms with Crippen LogP contribution in [-0.4, -0.2) is 17.2 Å². The number of aliphatic carboxylic acids is 1. The molecule has 0 unspecified atom stereocenters. The maximum atomic E-state index is 9.00. The fraction of sp³-hybridized carbons (Fsp3) is 0.133. The SMILES string of the molecule is CC(=O)O.[Cu+].c1ccc(P([CH-]CCCP(c2ccccc2)c2ccccc2)c2ccccc2)cc1. The molecule has 0 fully saturated rings. The van der Waals surface area contributed by atoms with Gasteiger partial charge in [0.15, 0.2) is 0 Å². The van der Waals surface area contributed by atoms with Gasteiger partial charge < -0.3 is 5.11 Å². The second-order valence-corrected chi connectivity index (χ2v) is 12.2. The van der Waals surface area contributed by atoms with Crippen molar-refractivity contribution < 1.29 is 27.0 Å². The summed E-state index contributed by atoms with van der Waals surface area (Å²) in [7, 11) is -0.711. The molecule has 0 bridgehead atoms. The van der Waals surface area contributed by atoms with Crippen molar-refractivity contribution in [1.29, 1.82) is 0 Å². The van der Waals surface area contributed by atoms with E-state index in [1.54, 1.807) is 0 Å². The average molecular weight is 549 g/mol. The predicted molar refractivity (Wildman–Crippen MR) is 150 cm³/mol. The first-order valence-corrected chi connectivity index (χ1v) is 14.4. The van der Waals surface area contributed by atoms with E-state index in [4.69, 9.17) is 9.90 Å². The third-order valence-corrected chi connectivity index (χ3v) is 10.0. The van der Waals surface area contributed by atoms with Crippen LogP contribution in [0.5, 0.6) is 0 Å². The molecule has 0 aliphatic heterocycles. The number of hydrogen-bond donors (Lipinski definition) is 1.